The Bertz CT molecular complexity index is 109. The van der Waals surface area contributed by atoms with Crippen LogP contribution in [0.25, 0.3) is 0 Å². The Morgan fingerprint density at radius 3 is 1.39 bits per heavy atom. The first-order valence-corrected chi connectivity index (χ1v) is 8.82. The minimum atomic E-state index is 0.0972. The van der Waals surface area contributed by atoms with Crippen LogP contribution in [0.3, 0.4) is 0 Å². The second kappa shape index (κ2) is 22.6. The van der Waals surface area contributed by atoms with Crippen LogP contribution in [0.2, 0.25) is 0 Å². The number of nitrogens with two attached hydrogens (primary N) is 1. The summed E-state index contributed by atoms with van der Waals surface area (Å²) in [5.41, 5.74) is 4.78. The van der Waals surface area contributed by atoms with E-state index in [1.54, 1.807) is 0 Å². The summed E-state index contributed by atoms with van der Waals surface area (Å²) in [5.74, 6) is 0. The number of alkyl halides is 1. The number of aliphatic hydroxyl groups is 1. The first kappa shape index (κ1) is 20.7. The van der Waals surface area contributed by atoms with Gasteiger partial charge in [0.2, 0.25) is 0 Å². The van der Waals surface area contributed by atoms with E-state index in [1.165, 1.54) is 76.0 Å². The number of rotatable bonds is 12. The molecule has 0 heterocycles. The summed E-state index contributed by atoms with van der Waals surface area (Å²) in [6, 6.07) is 0. The molecule has 0 bridgehead atoms. The van der Waals surface area contributed by atoms with Crippen LogP contribution >= 0.6 is 15.9 Å². The molecule has 0 aliphatic carbocycles. The summed E-state index contributed by atoms with van der Waals surface area (Å²) in [7, 11) is 0. The van der Waals surface area contributed by atoms with Crippen molar-refractivity contribution in [2.24, 2.45) is 5.73 Å². The van der Waals surface area contributed by atoms with Crippen molar-refractivity contribution in [3.8, 4) is 0 Å². The van der Waals surface area contributed by atoms with Crippen LogP contribution in [-0.2, 0) is 0 Å². The standard InChI is InChI=1S/C13H27Br.C2H7NO/c1-2-3-4-5-6-7-8-9-10-11-12-13-14;3-1-2-4/h2-13H2,1H3;4H,1-3H2. The first-order valence-electron chi connectivity index (χ1n) is 7.70. The van der Waals surface area contributed by atoms with Gasteiger partial charge in [0, 0.05) is 11.9 Å². The number of unbranched alkanes of at least 4 members (excludes halogenated alkanes) is 10. The molecule has 0 saturated heterocycles. The molecule has 2 nitrogen and oxygen atoms in total. The van der Waals surface area contributed by atoms with Crippen LogP contribution in [0.1, 0.15) is 77.6 Å². The molecule has 3 N–H and O–H groups in total. The van der Waals surface area contributed by atoms with Crippen LogP contribution in [0.4, 0.5) is 0 Å². The Labute approximate surface area is 123 Å². The van der Waals surface area contributed by atoms with Gasteiger partial charge < -0.3 is 10.8 Å². The summed E-state index contributed by atoms with van der Waals surface area (Å²) in [6.07, 6.45) is 15.8. The van der Waals surface area contributed by atoms with E-state index in [9.17, 15) is 0 Å². The lowest BCUT2D eigenvalue weighted by atomic mass is 10.1. The second-order valence-electron chi connectivity index (χ2n) is 4.74. The molecule has 18 heavy (non-hydrogen) atoms. The van der Waals surface area contributed by atoms with Crippen molar-refractivity contribution in [2.75, 3.05) is 18.5 Å². The molecule has 0 spiro atoms. The van der Waals surface area contributed by atoms with Gasteiger partial charge in [-0.15, -0.1) is 0 Å². The minimum Gasteiger partial charge on any atom is -0.395 e. The van der Waals surface area contributed by atoms with Crippen molar-refractivity contribution in [1.29, 1.82) is 0 Å². The van der Waals surface area contributed by atoms with E-state index in [2.05, 4.69) is 22.9 Å². The highest BCUT2D eigenvalue weighted by Gasteiger charge is 1.91. The zero-order chi connectivity index (χ0) is 13.9. The van der Waals surface area contributed by atoms with Crippen molar-refractivity contribution >= 4 is 15.9 Å². The van der Waals surface area contributed by atoms with Gasteiger partial charge in [-0.1, -0.05) is 87.1 Å². The van der Waals surface area contributed by atoms with Crippen LogP contribution in [0.5, 0.6) is 0 Å². The topological polar surface area (TPSA) is 46.2 Å². The third-order valence-corrected chi connectivity index (χ3v) is 3.43. The molecule has 0 aliphatic heterocycles. The minimum absolute atomic E-state index is 0.0972. The third kappa shape index (κ3) is 25.3. The largest absolute Gasteiger partial charge is 0.395 e. The van der Waals surface area contributed by atoms with Crippen molar-refractivity contribution in [2.45, 2.75) is 77.6 Å². The average molecular weight is 324 g/mol. The lowest BCUT2D eigenvalue weighted by Gasteiger charge is -2.01. The van der Waals surface area contributed by atoms with Crippen molar-refractivity contribution in [1.82, 2.24) is 0 Å². The van der Waals surface area contributed by atoms with Gasteiger partial charge in [0.15, 0.2) is 0 Å². The monoisotopic (exact) mass is 323 g/mol. The maximum absolute atomic E-state index is 7.75. The first-order chi connectivity index (χ1) is 8.83. The Morgan fingerprint density at radius 1 is 0.778 bits per heavy atom. The Balaban J connectivity index is 0. The van der Waals surface area contributed by atoms with Crippen LogP contribution < -0.4 is 5.73 Å². The molecular weight excluding hydrogens is 290 g/mol. The number of hydrogen-bond acceptors (Lipinski definition) is 2. The van der Waals surface area contributed by atoms with Gasteiger partial charge in [-0.05, 0) is 6.42 Å². The van der Waals surface area contributed by atoms with E-state index in [-0.39, 0.29) is 6.61 Å². The van der Waals surface area contributed by atoms with Crippen molar-refractivity contribution in [3.05, 3.63) is 0 Å². The molecule has 112 valence electrons. The molecule has 0 saturated carbocycles. The van der Waals surface area contributed by atoms with Crippen LogP contribution in [0, 0.1) is 0 Å². The zero-order valence-electron chi connectivity index (χ0n) is 12.3. The molecule has 0 aromatic heterocycles. The molecule has 0 atom stereocenters. The molecular formula is C15H34BrNO. The highest BCUT2D eigenvalue weighted by molar-refractivity contribution is 9.09. The summed E-state index contributed by atoms with van der Waals surface area (Å²) in [6.45, 7) is 2.75. The lowest BCUT2D eigenvalue weighted by Crippen LogP contribution is -2.02. The third-order valence-electron chi connectivity index (χ3n) is 2.87. The molecule has 0 aliphatic rings. The molecule has 0 rings (SSSR count). The fourth-order valence-electron chi connectivity index (χ4n) is 1.76. The van der Waals surface area contributed by atoms with Gasteiger partial charge >= 0.3 is 0 Å². The highest BCUT2D eigenvalue weighted by Crippen LogP contribution is 2.11. The van der Waals surface area contributed by atoms with E-state index in [1.807, 2.05) is 0 Å². The fraction of sp³-hybridized carbons (Fsp3) is 1.00. The molecule has 3 heteroatoms. The second-order valence-corrected chi connectivity index (χ2v) is 5.53. The van der Waals surface area contributed by atoms with Gasteiger partial charge in [-0.25, -0.2) is 0 Å². The summed E-state index contributed by atoms with van der Waals surface area (Å²) in [5, 5.41) is 8.93. The van der Waals surface area contributed by atoms with Crippen molar-refractivity contribution < 1.29 is 5.11 Å². The van der Waals surface area contributed by atoms with Gasteiger partial charge in [-0.2, -0.15) is 0 Å². The number of halogens is 1. The highest BCUT2D eigenvalue weighted by atomic mass is 79.9. The lowest BCUT2D eigenvalue weighted by molar-refractivity contribution is 0.306. The zero-order valence-corrected chi connectivity index (χ0v) is 13.9. The Morgan fingerprint density at radius 2 is 1.11 bits per heavy atom. The molecule has 0 fully saturated rings. The predicted molar refractivity (Wildman–Crippen MR) is 86.4 cm³/mol. The molecule has 0 aromatic carbocycles. The van der Waals surface area contributed by atoms with Crippen molar-refractivity contribution in [3.63, 3.8) is 0 Å². The molecule has 0 aromatic rings. The number of hydrogen-bond donors (Lipinski definition) is 2. The Hall–Kier alpha value is 0.400. The Kier molecular flexibility index (Phi) is 26.0. The van der Waals surface area contributed by atoms with Gasteiger partial charge in [0.25, 0.3) is 0 Å². The molecule has 0 unspecified atom stereocenters. The maximum Gasteiger partial charge on any atom is 0.0553 e. The summed E-state index contributed by atoms with van der Waals surface area (Å²) in [4.78, 5) is 0. The van der Waals surface area contributed by atoms with E-state index < -0.39 is 0 Å². The average Bonchev–Trinajstić information content (AvgIpc) is 2.41. The van der Waals surface area contributed by atoms with E-state index in [0.29, 0.717) is 6.54 Å². The fourth-order valence-corrected chi connectivity index (χ4v) is 2.16. The SMILES string of the molecule is CCCCCCCCCCCCCBr.NCCO. The quantitative estimate of drug-likeness (QED) is 0.406. The molecule has 0 amide bonds. The van der Waals surface area contributed by atoms with Gasteiger partial charge in [0.1, 0.15) is 0 Å². The summed E-state index contributed by atoms with van der Waals surface area (Å²) >= 11 is 3.47. The van der Waals surface area contributed by atoms with Gasteiger partial charge in [-0.3, -0.25) is 0 Å². The number of aliphatic hydroxyl groups excluding tert-OH is 1. The summed E-state index contributed by atoms with van der Waals surface area (Å²) < 4.78 is 0. The normalized spacial score (nSPS) is 10.0. The van der Waals surface area contributed by atoms with E-state index >= 15 is 0 Å². The van der Waals surface area contributed by atoms with E-state index in [4.69, 9.17) is 10.8 Å². The predicted octanol–water partition coefficient (Wildman–Crippen LogP) is 4.63. The smallest absolute Gasteiger partial charge is 0.0553 e. The van der Waals surface area contributed by atoms with E-state index in [0.717, 1.165) is 0 Å². The van der Waals surface area contributed by atoms with Crippen LogP contribution in [-0.4, -0.2) is 23.6 Å². The van der Waals surface area contributed by atoms with Gasteiger partial charge in [0.05, 0.1) is 6.61 Å². The molecule has 0 radical (unpaired) electrons. The van der Waals surface area contributed by atoms with Crippen LogP contribution in [0.15, 0.2) is 0 Å². The maximum atomic E-state index is 7.75.